The summed E-state index contributed by atoms with van der Waals surface area (Å²) in [5, 5.41) is 4.59. The van der Waals surface area contributed by atoms with Gasteiger partial charge in [-0.25, -0.2) is 0 Å². The highest BCUT2D eigenvalue weighted by Gasteiger charge is 2.15. The molecule has 2 rings (SSSR count). The Morgan fingerprint density at radius 3 is 2.71 bits per heavy atom. The van der Waals surface area contributed by atoms with Gasteiger partial charge in [0.15, 0.2) is 0 Å². The topological polar surface area (TPSA) is 53.1 Å². The molecule has 1 heterocycles. The minimum Gasteiger partial charge on any atom is -0.487 e. The maximum atomic E-state index is 6.06. The predicted molar refractivity (Wildman–Crippen MR) is 88.4 cm³/mol. The van der Waals surface area contributed by atoms with E-state index < -0.39 is 0 Å². The summed E-state index contributed by atoms with van der Waals surface area (Å²) in [6.45, 7) is 8.02. The number of halogens is 1. The van der Waals surface area contributed by atoms with Gasteiger partial charge in [0.25, 0.3) is 0 Å². The van der Waals surface area contributed by atoms with Crippen molar-refractivity contribution < 1.29 is 4.74 Å². The van der Waals surface area contributed by atoms with Crippen LogP contribution in [0.3, 0.4) is 0 Å². The van der Waals surface area contributed by atoms with Gasteiger partial charge in [0, 0.05) is 18.7 Å². The second-order valence-electron chi connectivity index (χ2n) is 4.93. The molecule has 0 fully saturated rings. The van der Waals surface area contributed by atoms with E-state index in [0.29, 0.717) is 13.2 Å². The van der Waals surface area contributed by atoms with Crippen molar-refractivity contribution >= 4 is 15.9 Å². The maximum absolute atomic E-state index is 6.06. The summed E-state index contributed by atoms with van der Waals surface area (Å²) < 4.78 is 9.10. The quantitative estimate of drug-likeness (QED) is 0.865. The Labute approximate surface area is 134 Å². The summed E-state index contributed by atoms with van der Waals surface area (Å²) in [5.74, 6) is 0.883. The fraction of sp³-hybridized carbons (Fsp3) is 0.438. The molecule has 2 N–H and O–H groups in total. The highest BCUT2D eigenvalue weighted by atomic mass is 79.9. The van der Waals surface area contributed by atoms with Crippen molar-refractivity contribution in [2.75, 3.05) is 0 Å². The van der Waals surface area contributed by atoms with Crippen molar-refractivity contribution in [1.82, 2.24) is 9.78 Å². The summed E-state index contributed by atoms with van der Waals surface area (Å²) in [6, 6.07) is 6.05. The smallest absolute Gasteiger partial charge is 0.131 e. The molecule has 0 saturated carbocycles. The Kier molecular flexibility index (Phi) is 5.42. The van der Waals surface area contributed by atoms with Crippen LogP contribution in [0.15, 0.2) is 22.7 Å². The Morgan fingerprint density at radius 2 is 2.10 bits per heavy atom. The molecule has 5 heteroatoms. The van der Waals surface area contributed by atoms with Crippen LogP contribution in [0.5, 0.6) is 5.75 Å². The summed E-state index contributed by atoms with van der Waals surface area (Å²) in [5.41, 5.74) is 10.1. The normalized spacial score (nSPS) is 10.9. The number of hydrogen-bond acceptors (Lipinski definition) is 3. The van der Waals surface area contributed by atoms with E-state index in [1.807, 2.05) is 29.8 Å². The molecule has 0 radical (unpaired) electrons. The first kappa shape index (κ1) is 16.0. The van der Waals surface area contributed by atoms with E-state index in [9.17, 15) is 0 Å². The molecule has 114 valence electrons. The van der Waals surface area contributed by atoms with Crippen LogP contribution >= 0.6 is 15.9 Å². The van der Waals surface area contributed by atoms with Crippen molar-refractivity contribution in [2.24, 2.45) is 5.73 Å². The highest BCUT2D eigenvalue weighted by Crippen LogP contribution is 2.27. The first-order chi connectivity index (χ1) is 10.1. The minimum atomic E-state index is 0.478. The lowest BCUT2D eigenvalue weighted by molar-refractivity contribution is 0.287. The Balaban J connectivity index is 2.26. The molecule has 0 spiro atoms. The van der Waals surface area contributed by atoms with Gasteiger partial charge in [-0.2, -0.15) is 5.10 Å². The molecule has 0 aliphatic rings. The first-order valence-electron chi connectivity index (χ1n) is 7.27. The van der Waals surface area contributed by atoms with Gasteiger partial charge in [-0.15, -0.1) is 0 Å². The zero-order chi connectivity index (χ0) is 15.4. The predicted octanol–water partition coefficient (Wildman–Crippen LogP) is 3.57. The Bertz CT molecular complexity index is 622. The van der Waals surface area contributed by atoms with Crippen molar-refractivity contribution in [3.05, 3.63) is 45.2 Å². The number of rotatable bonds is 6. The molecule has 1 aromatic heterocycles. The third-order valence-electron chi connectivity index (χ3n) is 3.56. The molecule has 4 nitrogen and oxygen atoms in total. The fourth-order valence-corrected chi connectivity index (χ4v) is 3.06. The lowest BCUT2D eigenvalue weighted by Crippen LogP contribution is -2.09. The second-order valence-corrected chi connectivity index (χ2v) is 5.73. The molecule has 0 atom stereocenters. The van der Waals surface area contributed by atoms with Gasteiger partial charge < -0.3 is 10.5 Å². The molecular weight excluding hydrogens is 330 g/mol. The average molecular weight is 352 g/mol. The van der Waals surface area contributed by atoms with Gasteiger partial charge in [0.2, 0.25) is 0 Å². The molecule has 0 unspecified atom stereocenters. The van der Waals surface area contributed by atoms with Gasteiger partial charge in [-0.1, -0.05) is 25.1 Å². The van der Waals surface area contributed by atoms with E-state index in [-0.39, 0.29) is 0 Å². The zero-order valence-electron chi connectivity index (χ0n) is 12.8. The number of hydrogen-bond donors (Lipinski definition) is 1. The van der Waals surface area contributed by atoms with E-state index in [1.165, 1.54) is 0 Å². The van der Waals surface area contributed by atoms with Crippen molar-refractivity contribution in [3.63, 3.8) is 0 Å². The van der Waals surface area contributed by atoms with Crippen LogP contribution in [0.1, 0.15) is 36.4 Å². The first-order valence-corrected chi connectivity index (χ1v) is 8.07. The van der Waals surface area contributed by atoms with Gasteiger partial charge in [-0.05, 0) is 41.8 Å². The minimum absolute atomic E-state index is 0.478. The van der Waals surface area contributed by atoms with E-state index >= 15 is 0 Å². The lowest BCUT2D eigenvalue weighted by atomic mass is 10.1. The van der Waals surface area contributed by atoms with E-state index in [2.05, 4.69) is 34.9 Å². The fourth-order valence-electron chi connectivity index (χ4n) is 2.38. The monoisotopic (exact) mass is 351 g/mol. The van der Waals surface area contributed by atoms with E-state index in [4.69, 9.17) is 10.5 Å². The molecular formula is C16H22BrN3O. The van der Waals surface area contributed by atoms with Crippen LogP contribution < -0.4 is 10.5 Å². The molecule has 0 aliphatic carbocycles. The van der Waals surface area contributed by atoms with Crippen molar-refractivity contribution in [1.29, 1.82) is 0 Å². The number of benzene rings is 1. The maximum Gasteiger partial charge on any atom is 0.131 e. The molecule has 1 aromatic carbocycles. The number of nitrogens with zero attached hydrogens (tertiary/aromatic N) is 2. The van der Waals surface area contributed by atoms with Gasteiger partial charge in [0.1, 0.15) is 12.4 Å². The molecule has 0 aliphatic heterocycles. The van der Waals surface area contributed by atoms with Crippen LogP contribution in [-0.2, 0) is 26.1 Å². The third-order valence-corrected chi connectivity index (χ3v) is 4.48. The average Bonchev–Trinajstić information content (AvgIpc) is 2.81. The summed E-state index contributed by atoms with van der Waals surface area (Å²) in [7, 11) is 0. The van der Waals surface area contributed by atoms with E-state index in [0.717, 1.165) is 45.7 Å². The summed E-state index contributed by atoms with van der Waals surface area (Å²) >= 11 is 3.64. The van der Waals surface area contributed by atoms with Crippen molar-refractivity contribution in [3.8, 4) is 5.75 Å². The number of nitrogens with two attached hydrogens (primary N) is 1. The summed E-state index contributed by atoms with van der Waals surface area (Å²) in [6.07, 6.45) is 0.902. The van der Waals surface area contributed by atoms with Crippen LogP contribution in [0.4, 0.5) is 0 Å². The van der Waals surface area contributed by atoms with Crippen LogP contribution in [-0.4, -0.2) is 9.78 Å². The number of aryl methyl sites for hydroxylation is 3. The molecule has 0 saturated heterocycles. The van der Waals surface area contributed by atoms with Gasteiger partial charge in [-0.3, -0.25) is 4.68 Å². The van der Waals surface area contributed by atoms with Crippen LogP contribution in [0.2, 0.25) is 0 Å². The third kappa shape index (κ3) is 3.30. The molecule has 0 amide bonds. The standard InChI is InChI=1S/C16H22BrN3O/c1-4-13-15(17)14(20(5-2)19-13)10-21-16-11(3)7-6-8-12(16)9-18/h6-8H,4-5,9-10,18H2,1-3H3. The second kappa shape index (κ2) is 7.09. The van der Waals surface area contributed by atoms with Gasteiger partial charge >= 0.3 is 0 Å². The molecule has 0 bridgehead atoms. The van der Waals surface area contributed by atoms with Crippen LogP contribution in [0.25, 0.3) is 0 Å². The number of aromatic nitrogens is 2. The van der Waals surface area contributed by atoms with Crippen LogP contribution in [0, 0.1) is 6.92 Å². The molecule has 2 aromatic rings. The van der Waals surface area contributed by atoms with Gasteiger partial charge in [0.05, 0.1) is 15.9 Å². The van der Waals surface area contributed by atoms with Crippen molar-refractivity contribution in [2.45, 2.75) is 46.9 Å². The SMILES string of the molecule is CCc1nn(CC)c(COc2c(C)cccc2CN)c1Br. The summed E-state index contributed by atoms with van der Waals surface area (Å²) in [4.78, 5) is 0. The largest absolute Gasteiger partial charge is 0.487 e. The number of ether oxygens (including phenoxy) is 1. The molecule has 21 heavy (non-hydrogen) atoms. The lowest BCUT2D eigenvalue weighted by Gasteiger charge is -2.14. The Morgan fingerprint density at radius 1 is 1.33 bits per heavy atom. The number of para-hydroxylation sites is 1. The van der Waals surface area contributed by atoms with E-state index in [1.54, 1.807) is 0 Å². The zero-order valence-corrected chi connectivity index (χ0v) is 14.4. The highest BCUT2D eigenvalue weighted by molar-refractivity contribution is 9.10. The Hall–Kier alpha value is -1.33.